The van der Waals surface area contributed by atoms with E-state index < -0.39 is 6.04 Å². The number of anilines is 1. The molecule has 2 aliphatic heterocycles. The summed E-state index contributed by atoms with van der Waals surface area (Å²) in [6.07, 6.45) is 8.29. The largest absolute Gasteiger partial charge is 0.344 e. The molecule has 1 aliphatic carbocycles. The summed E-state index contributed by atoms with van der Waals surface area (Å²) in [5.41, 5.74) is 1.01. The molecule has 2 atom stereocenters. The summed E-state index contributed by atoms with van der Waals surface area (Å²) < 4.78 is 1.69. The van der Waals surface area contributed by atoms with Crippen LogP contribution >= 0.6 is 12.4 Å². The van der Waals surface area contributed by atoms with Gasteiger partial charge in [-0.05, 0) is 50.6 Å². The maximum absolute atomic E-state index is 12.7. The van der Waals surface area contributed by atoms with E-state index in [1.165, 1.54) is 0 Å². The van der Waals surface area contributed by atoms with Crippen molar-refractivity contribution < 1.29 is 9.59 Å². The molecular formula is C17H26ClN5O2. The molecule has 0 radical (unpaired) electrons. The zero-order valence-corrected chi connectivity index (χ0v) is 15.3. The van der Waals surface area contributed by atoms with Crippen LogP contribution in [0, 0.1) is 11.3 Å². The summed E-state index contributed by atoms with van der Waals surface area (Å²) in [6.45, 7) is 2.69. The minimum absolute atomic E-state index is 0. The Hall–Kier alpha value is -1.60. The average molecular weight is 368 g/mol. The first-order valence-electron chi connectivity index (χ1n) is 8.90. The molecule has 3 heterocycles. The van der Waals surface area contributed by atoms with Crippen LogP contribution in [0.25, 0.3) is 0 Å². The summed E-state index contributed by atoms with van der Waals surface area (Å²) >= 11 is 0. The van der Waals surface area contributed by atoms with Crippen molar-refractivity contribution in [2.24, 2.45) is 18.4 Å². The van der Waals surface area contributed by atoms with Gasteiger partial charge in [-0.1, -0.05) is 0 Å². The molecule has 3 fully saturated rings. The van der Waals surface area contributed by atoms with Crippen LogP contribution in [0.3, 0.4) is 0 Å². The van der Waals surface area contributed by atoms with Crippen LogP contribution in [-0.4, -0.2) is 47.3 Å². The molecule has 2 saturated heterocycles. The number of amides is 2. The van der Waals surface area contributed by atoms with Crippen molar-refractivity contribution in [3.63, 3.8) is 0 Å². The Morgan fingerprint density at radius 3 is 2.84 bits per heavy atom. The number of carbonyl (C=O) groups is 2. The highest BCUT2D eigenvalue weighted by Crippen LogP contribution is 2.58. The first-order valence-corrected chi connectivity index (χ1v) is 8.90. The van der Waals surface area contributed by atoms with Crippen molar-refractivity contribution in [2.45, 2.75) is 38.1 Å². The van der Waals surface area contributed by atoms with Gasteiger partial charge in [0.25, 0.3) is 0 Å². The second-order valence-corrected chi connectivity index (χ2v) is 7.43. The third-order valence-corrected chi connectivity index (χ3v) is 5.86. The Kier molecular flexibility index (Phi) is 5.06. The van der Waals surface area contributed by atoms with E-state index in [1.807, 2.05) is 13.2 Å². The molecule has 2 N–H and O–H groups in total. The van der Waals surface area contributed by atoms with Gasteiger partial charge in [0, 0.05) is 25.7 Å². The van der Waals surface area contributed by atoms with E-state index in [4.69, 9.17) is 0 Å². The van der Waals surface area contributed by atoms with Crippen molar-refractivity contribution in [3.8, 4) is 0 Å². The van der Waals surface area contributed by atoms with E-state index in [-0.39, 0.29) is 35.6 Å². The van der Waals surface area contributed by atoms with E-state index in [9.17, 15) is 9.59 Å². The number of aryl methyl sites for hydroxylation is 1. The van der Waals surface area contributed by atoms with Crippen LogP contribution < -0.4 is 15.5 Å². The topological polar surface area (TPSA) is 79.3 Å². The van der Waals surface area contributed by atoms with Crippen LogP contribution in [0.4, 0.5) is 5.69 Å². The molecule has 0 bridgehead atoms. The number of hydrogen-bond acceptors (Lipinski definition) is 4. The maximum Gasteiger partial charge on any atom is 0.249 e. The van der Waals surface area contributed by atoms with Crippen LogP contribution in [0.1, 0.15) is 32.1 Å². The highest BCUT2D eigenvalue weighted by Gasteiger charge is 2.58. The fourth-order valence-corrected chi connectivity index (χ4v) is 4.28. The number of carbonyl (C=O) groups excluding carboxylic acids is 2. The van der Waals surface area contributed by atoms with Gasteiger partial charge in [0.1, 0.15) is 6.04 Å². The molecule has 3 aliphatic rings. The molecule has 2 amide bonds. The Bertz CT molecular complexity index is 655. The van der Waals surface area contributed by atoms with Crippen LogP contribution in [0.5, 0.6) is 0 Å². The summed E-state index contributed by atoms with van der Waals surface area (Å²) in [5.74, 6) is 0.159. The van der Waals surface area contributed by atoms with Gasteiger partial charge in [-0.2, -0.15) is 5.10 Å². The summed E-state index contributed by atoms with van der Waals surface area (Å²) in [6, 6.07) is -0.397. The Labute approximate surface area is 153 Å². The standard InChI is InChI=1S/C17H25N5O2.ClH/c1-21-11-12(10-19-21)22-8-2-3-14(16(22)24)20-15(23)13-9-17(13)4-6-18-7-5-17;/h10-11,13-14,18H,2-9H2,1H3,(H,20,23);1H. The predicted octanol–water partition coefficient (Wildman–Crippen LogP) is 0.843. The molecule has 25 heavy (non-hydrogen) atoms. The number of aromatic nitrogens is 2. The Morgan fingerprint density at radius 1 is 1.40 bits per heavy atom. The van der Waals surface area contributed by atoms with Crippen molar-refractivity contribution in [2.75, 3.05) is 24.5 Å². The molecule has 2 unspecified atom stereocenters. The minimum atomic E-state index is -0.397. The molecule has 138 valence electrons. The van der Waals surface area contributed by atoms with Crippen molar-refractivity contribution in [1.82, 2.24) is 20.4 Å². The highest BCUT2D eigenvalue weighted by atomic mass is 35.5. The lowest BCUT2D eigenvalue weighted by atomic mass is 9.91. The van der Waals surface area contributed by atoms with E-state index in [1.54, 1.807) is 15.8 Å². The Morgan fingerprint density at radius 2 is 2.16 bits per heavy atom. The van der Waals surface area contributed by atoms with Crippen LogP contribution in [-0.2, 0) is 16.6 Å². The smallest absolute Gasteiger partial charge is 0.249 e. The van der Waals surface area contributed by atoms with Gasteiger partial charge in [0.15, 0.2) is 0 Å². The van der Waals surface area contributed by atoms with E-state index >= 15 is 0 Å². The molecule has 1 aromatic rings. The predicted molar refractivity (Wildman–Crippen MR) is 96.6 cm³/mol. The van der Waals surface area contributed by atoms with Crippen molar-refractivity contribution in [3.05, 3.63) is 12.4 Å². The maximum atomic E-state index is 12.7. The zero-order valence-electron chi connectivity index (χ0n) is 14.5. The monoisotopic (exact) mass is 367 g/mol. The van der Waals surface area contributed by atoms with Gasteiger partial charge in [-0.25, -0.2) is 0 Å². The minimum Gasteiger partial charge on any atom is -0.344 e. The third kappa shape index (κ3) is 3.40. The summed E-state index contributed by atoms with van der Waals surface area (Å²) in [7, 11) is 1.84. The number of rotatable bonds is 3. The lowest BCUT2D eigenvalue weighted by Gasteiger charge is -2.32. The van der Waals surface area contributed by atoms with Gasteiger partial charge in [0.05, 0.1) is 11.9 Å². The third-order valence-electron chi connectivity index (χ3n) is 5.86. The van der Waals surface area contributed by atoms with Gasteiger partial charge in [-0.15, -0.1) is 12.4 Å². The van der Waals surface area contributed by atoms with Crippen LogP contribution in [0.2, 0.25) is 0 Å². The van der Waals surface area contributed by atoms with Crippen LogP contribution in [0.15, 0.2) is 12.4 Å². The first-order chi connectivity index (χ1) is 11.6. The highest BCUT2D eigenvalue weighted by molar-refractivity contribution is 6.00. The molecule has 7 nitrogen and oxygen atoms in total. The van der Waals surface area contributed by atoms with Gasteiger partial charge in [0.2, 0.25) is 11.8 Å². The normalized spacial score (nSPS) is 27.7. The molecule has 1 saturated carbocycles. The van der Waals surface area contributed by atoms with Crippen molar-refractivity contribution >= 4 is 29.9 Å². The Balaban J connectivity index is 0.00000182. The molecule has 4 rings (SSSR count). The summed E-state index contributed by atoms with van der Waals surface area (Å²) in [4.78, 5) is 27.1. The molecule has 1 aromatic heterocycles. The fourth-order valence-electron chi connectivity index (χ4n) is 4.28. The number of nitrogens with zero attached hydrogens (tertiary/aromatic N) is 3. The molecular weight excluding hydrogens is 342 g/mol. The molecule has 0 aromatic carbocycles. The van der Waals surface area contributed by atoms with E-state index in [0.29, 0.717) is 6.54 Å². The van der Waals surface area contributed by atoms with Gasteiger partial charge < -0.3 is 15.5 Å². The lowest BCUT2D eigenvalue weighted by Crippen LogP contribution is -2.53. The average Bonchev–Trinajstić information content (AvgIpc) is 3.08. The van der Waals surface area contributed by atoms with Gasteiger partial charge >= 0.3 is 0 Å². The number of nitrogens with one attached hydrogen (secondary N) is 2. The lowest BCUT2D eigenvalue weighted by molar-refractivity contribution is -0.129. The molecule has 8 heteroatoms. The van der Waals surface area contributed by atoms with Gasteiger partial charge in [-0.3, -0.25) is 14.3 Å². The number of halogens is 1. The second-order valence-electron chi connectivity index (χ2n) is 7.43. The van der Waals surface area contributed by atoms with E-state index in [2.05, 4.69) is 15.7 Å². The first kappa shape index (κ1) is 18.2. The zero-order chi connectivity index (χ0) is 16.7. The summed E-state index contributed by atoms with van der Waals surface area (Å²) in [5, 5.41) is 10.5. The number of hydrogen-bond donors (Lipinski definition) is 2. The fraction of sp³-hybridized carbons (Fsp3) is 0.706. The quantitative estimate of drug-likeness (QED) is 0.829. The number of piperidine rings is 2. The van der Waals surface area contributed by atoms with E-state index in [0.717, 1.165) is 50.9 Å². The van der Waals surface area contributed by atoms with Crippen molar-refractivity contribution in [1.29, 1.82) is 0 Å². The SMILES string of the molecule is Cl.Cn1cc(N2CCCC(NC(=O)C3CC34CCNCC4)C2=O)cn1. The molecule has 1 spiro atoms. The second kappa shape index (κ2) is 6.96.